The molecule has 51 heavy (non-hydrogen) atoms. The number of hydrogen-bond acceptors (Lipinski definition) is 7. The Morgan fingerprint density at radius 2 is 1.71 bits per heavy atom. The number of hydrogen-bond donors (Lipinski definition) is 0. The van der Waals surface area contributed by atoms with Crippen molar-refractivity contribution < 1.29 is 23.8 Å². The van der Waals surface area contributed by atoms with Crippen LogP contribution in [-0.2, 0) is 19.7 Å². The summed E-state index contributed by atoms with van der Waals surface area (Å²) in [4.78, 5) is 36.2. The van der Waals surface area contributed by atoms with E-state index in [4.69, 9.17) is 19.2 Å². The number of ether oxygens (including phenoxy) is 3. The molecule has 10 nitrogen and oxygen atoms in total. The quantitative estimate of drug-likeness (QED) is 0.229. The SMILES string of the molecule is COc1ccc(C23CCC(CN(C(=O)C4CCC(OC(=O)N5CC6(COC6)C5)CC4)c4cc(-c5cnn(C(C)C)c5)ccn4)(CC2)CC3)cc1C. The molecule has 2 aliphatic heterocycles. The van der Waals surface area contributed by atoms with Crippen LogP contribution in [0.15, 0.2) is 48.9 Å². The van der Waals surface area contributed by atoms with Crippen LogP contribution in [0.2, 0.25) is 0 Å². The maximum absolute atomic E-state index is 14.7. The molecular formula is C41H53N5O5. The van der Waals surface area contributed by atoms with Crippen molar-refractivity contribution in [1.82, 2.24) is 19.7 Å². The lowest BCUT2D eigenvalue weighted by Crippen LogP contribution is -2.67. The van der Waals surface area contributed by atoms with Gasteiger partial charge in [0.05, 0.1) is 31.9 Å². The first-order valence-electron chi connectivity index (χ1n) is 19.1. The molecular weight excluding hydrogens is 642 g/mol. The first-order chi connectivity index (χ1) is 24.6. The third kappa shape index (κ3) is 6.42. The van der Waals surface area contributed by atoms with Gasteiger partial charge < -0.3 is 19.1 Å². The molecule has 3 aromatic rings. The van der Waals surface area contributed by atoms with Crippen molar-refractivity contribution in [3.63, 3.8) is 0 Å². The number of methoxy groups -OCH3 is 1. The molecule has 0 atom stereocenters. The van der Waals surface area contributed by atoms with Crippen molar-refractivity contribution in [2.24, 2.45) is 16.7 Å². The molecule has 0 radical (unpaired) electrons. The molecule has 6 aliphatic rings. The van der Waals surface area contributed by atoms with Gasteiger partial charge in [-0.3, -0.25) is 14.4 Å². The van der Waals surface area contributed by atoms with Crippen molar-refractivity contribution in [1.29, 1.82) is 0 Å². The molecule has 2 saturated heterocycles. The summed E-state index contributed by atoms with van der Waals surface area (Å²) in [5.74, 6) is 1.69. The van der Waals surface area contributed by atoms with E-state index in [1.54, 1.807) is 12.0 Å². The summed E-state index contributed by atoms with van der Waals surface area (Å²) in [6, 6.07) is 11.1. The van der Waals surface area contributed by atoms with Gasteiger partial charge in [-0.05, 0) is 131 Å². The molecule has 6 fully saturated rings. The van der Waals surface area contributed by atoms with Gasteiger partial charge in [0.25, 0.3) is 0 Å². The highest BCUT2D eigenvalue weighted by Gasteiger charge is 2.52. The van der Waals surface area contributed by atoms with Crippen molar-refractivity contribution in [2.45, 2.75) is 103 Å². The number of carbonyl (C=O) groups excluding carboxylic acids is 2. The highest BCUT2D eigenvalue weighted by molar-refractivity contribution is 5.95. The number of nitrogens with zero attached hydrogens (tertiary/aromatic N) is 5. The van der Waals surface area contributed by atoms with Gasteiger partial charge in [0.1, 0.15) is 17.7 Å². The van der Waals surface area contributed by atoms with Gasteiger partial charge in [0, 0.05) is 49.6 Å². The Labute approximate surface area is 301 Å². The van der Waals surface area contributed by atoms with Crippen LogP contribution in [0.3, 0.4) is 0 Å². The van der Waals surface area contributed by atoms with Crippen LogP contribution >= 0.6 is 0 Å². The van der Waals surface area contributed by atoms with Gasteiger partial charge in [-0.15, -0.1) is 0 Å². The van der Waals surface area contributed by atoms with Gasteiger partial charge in [0.2, 0.25) is 5.91 Å². The molecule has 4 heterocycles. The Bertz CT molecular complexity index is 1740. The highest BCUT2D eigenvalue weighted by atomic mass is 16.6. The topological polar surface area (TPSA) is 99.0 Å². The predicted octanol–water partition coefficient (Wildman–Crippen LogP) is 7.50. The fourth-order valence-electron chi connectivity index (χ4n) is 9.60. The molecule has 2 bridgehead atoms. The molecule has 2 amide bonds. The number of carbonyl (C=O) groups is 2. The Kier molecular flexibility index (Phi) is 8.88. The van der Waals surface area contributed by atoms with Crippen LogP contribution in [0, 0.1) is 23.7 Å². The fourth-order valence-corrected chi connectivity index (χ4v) is 9.60. The van der Waals surface area contributed by atoms with Crippen molar-refractivity contribution >= 4 is 17.8 Å². The maximum Gasteiger partial charge on any atom is 0.410 e. The summed E-state index contributed by atoms with van der Waals surface area (Å²) in [5.41, 5.74) is 5.08. The van der Waals surface area contributed by atoms with Crippen molar-refractivity contribution in [3.8, 4) is 16.9 Å². The monoisotopic (exact) mass is 695 g/mol. The van der Waals surface area contributed by atoms with Crippen LogP contribution in [-0.4, -0.2) is 77.7 Å². The van der Waals surface area contributed by atoms with E-state index in [0.29, 0.717) is 32.2 Å². The molecule has 4 saturated carbocycles. The number of rotatable bonds is 9. The first-order valence-corrected chi connectivity index (χ1v) is 19.1. The van der Waals surface area contributed by atoms with E-state index >= 15 is 0 Å². The van der Waals surface area contributed by atoms with Gasteiger partial charge in [-0.1, -0.05) is 12.1 Å². The summed E-state index contributed by atoms with van der Waals surface area (Å²) < 4.78 is 18.8. The molecule has 272 valence electrons. The van der Waals surface area contributed by atoms with E-state index in [0.717, 1.165) is 87.5 Å². The molecule has 1 spiro atoms. The summed E-state index contributed by atoms with van der Waals surface area (Å²) >= 11 is 0. The van der Waals surface area contributed by atoms with E-state index in [1.807, 2.05) is 28.0 Å². The van der Waals surface area contributed by atoms with Gasteiger partial charge >= 0.3 is 6.09 Å². The lowest BCUT2D eigenvalue weighted by atomic mass is 9.51. The smallest absolute Gasteiger partial charge is 0.410 e. The zero-order chi connectivity index (χ0) is 35.4. The number of aryl methyl sites for hydroxylation is 1. The van der Waals surface area contributed by atoms with E-state index in [1.165, 1.54) is 11.1 Å². The third-order valence-corrected chi connectivity index (χ3v) is 13.1. The molecule has 0 unspecified atom stereocenters. The van der Waals surface area contributed by atoms with Gasteiger partial charge in [-0.25, -0.2) is 9.78 Å². The Morgan fingerprint density at radius 1 is 0.980 bits per heavy atom. The summed E-state index contributed by atoms with van der Waals surface area (Å²) in [5, 5.41) is 4.57. The minimum atomic E-state index is -0.222. The minimum absolute atomic E-state index is 0.0614. The molecule has 1 aromatic carbocycles. The lowest BCUT2D eigenvalue weighted by Gasteiger charge is -2.55. The molecule has 4 aliphatic carbocycles. The van der Waals surface area contributed by atoms with Crippen LogP contribution in [0.1, 0.15) is 95.2 Å². The molecule has 9 rings (SSSR count). The maximum atomic E-state index is 14.7. The Hall–Kier alpha value is -3.92. The largest absolute Gasteiger partial charge is 0.496 e. The standard InChI is InChI=1S/C41H53N5O5/c1-28(2)46-22-32(21-43-46)31-11-18-42-36(20-31)45(25-39-12-15-41(16-13-39,17-14-39)33-7-10-35(49-4)29(3)19-33)37(47)30-5-8-34(9-6-30)51-38(48)44-23-40(24-44)26-50-27-40/h7,10-11,18-22,28,30,34H,5-6,8-9,12-17,23-27H2,1-4H3. The van der Waals surface area contributed by atoms with Gasteiger partial charge in [-0.2, -0.15) is 5.10 Å². The second-order valence-electron chi connectivity index (χ2n) is 16.8. The van der Waals surface area contributed by atoms with E-state index in [2.05, 4.69) is 56.3 Å². The summed E-state index contributed by atoms with van der Waals surface area (Å²) in [6.07, 6.45) is 14.9. The molecule has 10 heteroatoms. The van der Waals surface area contributed by atoms with Gasteiger partial charge in [0.15, 0.2) is 0 Å². The van der Waals surface area contributed by atoms with E-state index in [-0.39, 0.29) is 46.3 Å². The number of anilines is 1. The Balaban J connectivity index is 0.986. The fraction of sp³-hybridized carbons (Fsp3) is 0.610. The number of fused-ring (bicyclic) bond motifs is 3. The average molecular weight is 696 g/mol. The number of pyridine rings is 1. The van der Waals surface area contributed by atoms with E-state index in [9.17, 15) is 9.59 Å². The number of benzene rings is 1. The average Bonchev–Trinajstić information content (AvgIpc) is 3.62. The van der Waals surface area contributed by atoms with Crippen LogP contribution in [0.5, 0.6) is 5.75 Å². The second-order valence-corrected chi connectivity index (χ2v) is 16.8. The van der Waals surface area contributed by atoms with Crippen LogP contribution < -0.4 is 9.64 Å². The summed E-state index contributed by atoms with van der Waals surface area (Å²) in [6.45, 7) is 9.98. The Morgan fingerprint density at radius 3 is 2.31 bits per heavy atom. The summed E-state index contributed by atoms with van der Waals surface area (Å²) in [7, 11) is 1.74. The van der Waals surface area contributed by atoms with Crippen LogP contribution in [0.4, 0.5) is 10.6 Å². The van der Waals surface area contributed by atoms with Crippen molar-refractivity contribution in [3.05, 3.63) is 60.0 Å². The minimum Gasteiger partial charge on any atom is -0.496 e. The molecule has 0 N–H and O–H groups in total. The van der Waals surface area contributed by atoms with Crippen molar-refractivity contribution in [2.75, 3.05) is 44.9 Å². The third-order valence-electron chi connectivity index (χ3n) is 13.1. The van der Waals surface area contributed by atoms with E-state index < -0.39 is 0 Å². The predicted molar refractivity (Wildman–Crippen MR) is 195 cm³/mol. The second kappa shape index (κ2) is 13.2. The zero-order valence-corrected chi connectivity index (χ0v) is 30.7. The van der Waals surface area contributed by atoms with Crippen LogP contribution in [0.25, 0.3) is 11.1 Å². The lowest BCUT2D eigenvalue weighted by molar-refractivity contribution is -0.181. The number of amides is 2. The number of aromatic nitrogens is 3. The normalized spacial score (nSPS) is 27.9. The number of likely N-dealkylation sites (tertiary alicyclic amines) is 1. The first kappa shape index (κ1) is 34.2. The molecule has 2 aromatic heterocycles. The zero-order valence-electron chi connectivity index (χ0n) is 30.7. The highest BCUT2D eigenvalue weighted by Crippen LogP contribution is 2.58.